The number of benzene rings is 1. The lowest BCUT2D eigenvalue weighted by molar-refractivity contribution is 0.862. The first-order valence-corrected chi connectivity index (χ1v) is 5.29. The average Bonchev–Trinajstić information content (AvgIpc) is 2.57. The lowest BCUT2D eigenvalue weighted by Gasteiger charge is -1.97. The van der Waals surface area contributed by atoms with E-state index in [9.17, 15) is 0 Å². The summed E-state index contributed by atoms with van der Waals surface area (Å²) in [5.41, 5.74) is 2.78. The van der Waals surface area contributed by atoms with Crippen LogP contribution in [0.5, 0.6) is 0 Å². The van der Waals surface area contributed by atoms with Crippen LogP contribution in [0.1, 0.15) is 12.0 Å². The fourth-order valence-corrected chi connectivity index (χ4v) is 1.96. The molecule has 1 saturated heterocycles. The molecule has 1 aliphatic heterocycles. The van der Waals surface area contributed by atoms with Crippen LogP contribution >= 0.6 is 15.9 Å². The second kappa shape index (κ2) is 4.07. The van der Waals surface area contributed by atoms with Crippen molar-refractivity contribution in [3.05, 3.63) is 39.9 Å². The van der Waals surface area contributed by atoms with Gasteiger partial charge in [-0.15, -0.1) is 0 Å². The van der Waals surface area contributed by atoms with Crippen molar-refractivity contribution in [3.8, 4) is 0 Å². The summed E-state index contributed by atoms with van der Waals surface area (Å²) >= 11 is 3.47. The molecule has 0 unspecified atom stereocenters. The molecule has 1 aliphatic rings. The van der Waals surface area contributed by atoms with E-state index >= 15 is 0 Å². The van der Waals surface area contributed by atoms with E-state index in [2.05, 4.69) is 51.6 Å². The standard InChI is InChI=1S/C11H12BrN/c12-11-3-1-2-9(7-11)6-10-4-5-13-8-10/h1-3,6-7,13H,4-5,8H2/b10-6+. The van der Waals surface area contributed by atoms with E-state index in [0.29, 0.717) is 0 Å². The molecule has 0 aliphatic carbocycles. The van der Waals surface area contributed by atoms with Crippen molar-refractivity contribution in [2.24, 2.45) is 0 Å². The van der Waals surface area contributed by atoms with Crippen LogP contribution in [0.25, 0.3) is 6.08 Å². The highest BCUT2D eigenvalue weighted by Crippen LogP contribution is 2.16. The van der Waals surface area contributed by atoms with Crippen LogP contribution in [0, 0.1) is 0 Å². The molecule has 2 rings (SSSR count). The number of hydrogen-bond acceptors (Lipinski definition) is 1. The zero-order valence-corrected chi connectivity index (χ0v) is 8.97. The Morgan fingerprint density at radius 3 is 3.00 bits per heavy atom. The van der Waals surface area contributed by atoms with Crippen LogP contribution in [0.4, 0.5) is 0 Å². The largest absolute Gasteiger partial charge is 0.313 e. The van der Waals surface area contributed by atoms with Gasteiger partial charge in [0.2, 0.25) is 0 Å². The van der Waals surface area contributed by atoms with Crippen molar-refractivity contribution in [3.63, 3.8) is 0 Å². The van der Waals surface area contributed by atoms with Gasteiger partial charge in [-0.05, 0) is 30.7 Å². The molecule has 0 bridgehead atoms. The molecule has 1 aromatic rings. The smallest absolute Gasteiger partial charge is 0.0181 e. The maximum atomic E-state index is 3.47. The molecule has 0 spiro atoms. The minimum Gasteiger partial charge on any atom is -0.313 e. The zero-order chi connectivity index (χ0) is 9.10. The first kappa shape index (κ1) is 8.97. The summed E-state index contributed by atoms with van der Waals surface area (Å²) in [7, 11) is 0. The number of halogens is 1. The Morgan fingerprint density at radius 2 is 2.31 bits per heavy atom. The van der Waals surface area contributed by atoms with Crippen LogP contribution in [-0.4, -0.2) is 13.1 Å². The van der Waals surface area contributed by atoms with Crippen molar-refractivity contribution in [2.75, 3.05) is 13.1 Å². The van der Waals surface area contributed by atoms with Gasteiger partial charge in [-0.2, -0.15) is 0 Å². The number of rotatable bonds is 1. The van der Waals surface area contributed by atoms with Gasteiger partial charge in [0.15, 0.2) is 0 Å². The van der Waals surface area contributed by atoms with Gasteiger partial charge in [-0.1, -0.05) is 39.7 Å². The predicted molar refractivity (Wildman–Crippen MR) is 59.6 cm³/mol. The summed E-state index contributed by atoms with van der Waals surface area (Å²) in [4.78, 5) is 0. The third-order valence-electron chi connectivity index (χ3n) is 2.19. The Morgan fingerprint density at radius 1 is 1.38 bits per heavy atom. The van der Waals surface area contributed by atoms with Crippen LogP contribution in [0.2, 0.25) is 0 Å². The van der Waals surface area contributed by atoms with Gasteiger partial charge in [0.05, 0.1) is 0 Å². The highest BCUT2D eigenvalue weighted by Gasteiger charge is 2.04. The molecule has 2 heteroatoms. The van der Waals surface area contributed by atoms with E-state index in [1.165, 1.54) is 17.6 Å². The van der Waals surface area contributed by atoms with Gasteiger partial charge in [0.25, 0.3) is 0 Å². The molecule has 68 valence electrons. The average molecular weight is 238 g/mol. The maximum Gasteiger partial charge on any atom is 0.0181 e. The Labute approximate surface area is 87.0 Å². The van der Waals surface area contributed by atoms with Crippen LogP contribution in [0.15, 0.2) is 34.3 Å². The van der Waals surface area contributed by atoms with Gasteiger partial charge in [-0.3, -0.25) is 0 Å². The summed E-state index contributed by atoms with van der Waals surface area (Å²) in [5, 5.41) is 3.33. The van der Waals surface area contributed by atoms with E-state index < -0.39 is 0 Å². The summed E-state index contributed by atoms with van der Waals surface area (Å²) in [6.07, 6.45) is 3.46. The first-order chi connectivity index (χ1) is 6.34. The second-order valence-electron chi connectivity index (χ2n) is 3.28. The molecule has 0 atom stereocenters. The molecule has 1 heterocycles. The quantitative estimate of drug-likeness (QED) is 0.793. The maximum absolute atomic E-state index is 3.47. The molecule has 1 N–H and O–H groups in total. The second-order valence-corrected chi connectivity index (χ2v) is 4.20. The zero-order valence-electron chi connectivity index (χ0n) is 7.39. The van der Waals surface area contributed by atoms with Crippen molar-refractivity contribution in [1.29, 1.82) is 0 Å². The van der Waals surface area contributed by atoms with E-state index in [4.69, 9.17) is 0 Å². The highest BCUT2D eigenvalue weighted by atomic mass is 79.9. The van der Waals surface area contributed by atoms with E-state index in [1.807, 2.05) is 0 Å². The van der Waals surface area contributed by atoms with Gasteiger partial charge in [0.1, 0.15) is 0 Å². The van der Waals surface area contributed by atoms with Crippen LogP contribution in [-0.2, 0) is 0 Å². The fourth-order valence-electron chi connectivity index (χ4n) is 1.54. The SMILES string of the molecule is Brc1cccc(/C=C2\CCNC2)c1. The Kier molecular flexibility index (Phi) is 2.81. The number of nitrogens with one attached hydrogen (secondary N) is 1. The molecular formula is C11H12BrN. The summed E-state index contributed by atoms with van der Waals surface area (Å²) in [5.74, 6) is 0. The minimum atomic E-state index is 1.05. The van der Waals surface area contributed by atoms with Gasteiger partial charge in [0, 0.05) is 11.0 Å². The normalized spacial score (nSPS) is 19.6. The van der Waals surface area contributed by atoms with Crippen LogP contribution in [0.3, 0.4) is 0 Å². The Hall–Kier alpha value is -0.600. The van der Waals surface area contributed by atoms with Gasteiger partial charge < -0.3 is 5.32 Å². The summed E-state index contributed by atoms with van der Waals surface area (Å²) < 4.78 is 1.15. The molecule has 1 fully saturated rings. The molecule has 0 aromatic heterocycles. The summed E-state index contributed by atoms with van der Waals surface area (Å²) in [6, 6.07) is 8.40. The Bertz CT molecular complexity index is 323. The van der Waals surface area contributed by atoms with Gasteiger partial charge >= 0.3 is 0 Å². The highest BCUT2D eigenvalue weighted by molar-refractivity contribution is 9.10. The van der Waals surface area contributed by atoms with Crippen LogP contribution < -0.4 is 5.32 Å². The topological polar surface area (TPSA) is 12.0 Å². The van der Waals surface area contributed by atoms with Crippen molar-refractivity contribution in [2.45, 2.75) is 6.42 Å². The third-order valence-corrected chi connectivity index (χ3v) is 2.69. The summed E-state index contributed by atoms with van der Waals surface area (Å²) in [6.45, 7) is 2.17. The molecule has 1 nitrogen and oxygen atoms in total. The number of hydrogen-bond donors (Lipinski definition) is 1. The van der Waals surface area contributed by atoms with Crippen molar-refractivity contribution < 1.29 is 0 Å². The predicted octanol–water partition coefficient (Wildman–Crippen LogP) is 2.83. The minimum absolute atomic E-state index is 1.05. The molecule has 0 saturated carbocycles. The molecule has 1 aromatic carbocycles. The van der Waals surface area contributed by atoms with Gasteiger partial charge in [-0.25, -0.2) is 0 Å². The van der Waals surface area contributed by atoms with E-state index in [1.54, 1.807) is 0 Å². The first-order valence-electron chi connectivity index (χ1n) is 4.50. The third kappa shape index (κ3) is 2.42. The van der Waals surface area contributed by atoms with Crippen molar-refractivity contribution in [1.82, 2.24) is 5.32 Å². The molecule has 0 radical (unpaired) electrons. The molecule has 0 amide bonds. The molecule has 13 heavy (non-hydrogen) atoms. The Balaban J connectivity index is 2.21. The monoisotopic (exact) mass is 237 g/mol. The fraction of sp³-hybridized carbons (Fsp3) is 0.273. The molecular weight excluding hydrogens is 226 g/mol. The lowest BCUT2D eigenvalue weighted by atomic mass is 10.1. The van der Waals surface area contributed by atoms with E-state index in [-0.39, 0.29) is 0 Å². The van der Waals surface area contributed by atoms with E-state index in [0.717, 1.165) is 17.6 Å². The lowest BCUT2D eigenvalue weighted by Crippen LogP contribution is -2.04. The van der Waals surface area contributed by atoms with Crippen molar-refractivity contribution >= 4 is 22.0 Å².